The van der Waals surface area contributed by atoms with Gasteiger partial charge in [-0.3, -0.25) is 9.69 Å². The van der Waals surface area contributed by atoms with E-state index in [9.17, 15) is 4.79 Å². The molecule has 0 atom stereocenters. The summed E-state index contributed by atoms with van der Waals surface area (Å²) in [4.78, 5) is 16.6. The Morgan fingerprint density at radius 3 is 2.60 bits per heavy atom. The lowest BCUT2D eigenvalue weighted by atomic mass is 10.1. The van der Waals surface area contributed by atoms with Crippen molar-refractivity contribution in [3.8, 4) is 0 Å². The number of aliphatic hydroxyl groups is 1. The molecule has 5 nitrogen and oxygen atoms in total. The number of ether oxygens (including phenoxy) is 1. The lowest BCUT2D eigenvalue weighted by molar-refractivity contribution is 0.0611. The Morgan fingerprint density at radius 1 is 1.25 bits per heavy atom. The second-order valence-corrected chi connectivity index (χ2v) is 4.95. The van der Waals surface area contributed by atoms with Gasteiger partial charge in [-0.2, -0.15) is 0 Å². The Morgan fingerprint density at radius 2 is 1.95 bits per heavy atom. The fraction of sp³-hybridized carbons (Fsp3) is 0.533. The van der Waals surface area contributed by atoms with Gasteiger partial charge in [-0.05, 0) is 11.6 Å². The van der Waals surface area contributed by atoms with Crippen LogP contribution in [0, 0.1) is 0 Å². The molecule has 0 radical (unpaired) electrons. The van der Waals surface area contributed by atoms with Crippen LogP contribution in [0.25, 0.3) is 0 Å². The maximum Gasteiger partial charge on any atom is 0.254 e. The first-order valence-corrected chi connectivity index (χ1v) is 6.95. The first-order valence-electron chi connectivity index (χ1n) is 6.95. The van der Waals surface area contributed by atoms with Crippen molar-refractivity contribution in [1.82, 2.24) is 9.80 Å². The zero-order chi connectivity index (χ0) is 14.4. The first kappa shape index (κ1) is 15.0. The normalized spacial score (nSPS) is 16.4. The zero-order valence-corrected chi connectivity index (χ0v) is 11.9. The SMILES string of the molecule is COCc1ccccc1C(=O)N1CCN(CCO)CC1. The minimum absolute atomic E-state index is 0.0706. The molecular weight excluding hydrogens is 256 g/mol. The van der Waals surface area contributed by atoms with E-state index in [1.165, 1.54) is 0 Å². The van der Waals surface area contributed by atoms with Crippen molar-refractivity contribution in [3.05, 3.63) is 35.4 Å². The van der Waals surface area contributed by atoms with Gasteiger partial charge in [0.2, 0.25) is 0 Å². The number of amides is 1. The molecule has 110 valence electrons. The number of carbonyl (C=O) groups is 1. The van der Waals surface area contributed by atoms with E-state index < -0.39 is 0 Å². The van der Waals surface area contributed by atoms with E-state index >= 15 is 0 Å². The van der Waals surface area contributed by atoms with Gasteiger partial charge in [0.05, 0.1) is 13.2 Å². The molecule has 1 aliphatic heterocycles. The highest BCUT2D eigenvalue weighted by molar-refractivity contribution is 5.95. The molecule has 1 saturated heterocycles. The predicted molar refractivity (Wildman–Crippen MR) is 76.6 cm³/mol. The van der Waals surface area contributed by atoms with Crippen molar-refractivity contribution in [2.45, 2.75) is 6.61 Å². The quantitative estimate of drug-likeness (QED) is 0.856. The van der Waals surface area contributed by atoms with Crippen molar-refractivity contribution in [1.29, 1.82) is 0 Å². The average molecular weight is 278 g/mol. The molecule has 0 aromatic heterocycles. The van der Waals surface area contributed by atoms with Gasteiger partial charge in [-0.15, -0.1) is 0 Å². The Labute approximate surface area is 119 Å². The lowest BCUT2D eigenvalue weighted by Crippen LogP contribution is -2.49. The number of nitrogens with zero attached hydrogens (tertiary/aromatic N) is 2. The third-order valence-electron chi connectivity index (χ3n) is 3.62. The Hall–Kier alpha value is -1.43. The summed E-state index contributed by atoms with van der Waals surface area (Å²) in [6, 6.07) is 7.59. The van der Waals surface area contributed by atoms with E-state index in [0.717, 1.165) is 24.2 Å². The van der Waals surface area contributed by atoms with Gasteiger partial charge in [0.15, 0.2) is 0 Å². The summed E-state index contributed by atoms with van der Waals surface area (Å²) in [6.07, 6.45) is 0. The molecule has 2 rings (SSSR count). The van der Waals surface area contributed by atoms with Crippen molar-refractivity contribution < 1.29 is 14.6 Å². The molecule has 1 aromatic carbocycles. The summed E-state index contributed by atoms with van der Waals surface area (Å²) < 4.78 is 5.15. The number of piperazine rings is 1. The highest BCUT2D eigenvalue weighted by atomic mass is 16.5. The van der Waals surface area contributed by atoms with E-state index in [1.807, 2.05) is 29.2 Å². The summed E-state index contributed by atoms with van der Waals surface area (Å²) in [5.74, 6) is 0.0706. The molecule has 0 spiro atoms. The van der Waals surface area contributed by atoms with Crippen LogP contribution in [0.2, 0.25) is 0 Å². The fourth-order valence-corrected chi connectivity index (χ4v) is 2.50. The molecule has 1 amide bonds. The number of carbonyl (C=O) groups excluding carboxylic acids is 1. The number of benzene rings is 1. The van der Waals surface area contributed by atoms with Gasteiger partial charge in [0.1, 0.15) is 0 Å². The van der Waals surface area contributed by atoms with Crippen molar-refractivity contribution in [2.24, 2.45) is 0 Å². The number of β-amino-alcohol motifs (C(OH)–C–C–N with tert-alkyl or cyclic N) is 1. The predicted octanol–water partition coefficient (Wildman–Crippen LogP) is 0.583. The Kier molecular flexibility index (Phi) is 5.52. The van der Waals surface area contributed by atoms with Crippen LogP contribution < -0.4 is 0 Å². The summed E-state index contributed by atoms with van der Waals surface area (Å²) in [5.41, 5.74) is 1.66. The van der Waals surface area contributed by atoms with Gasteiger partial charge in [0, 0.05) is 45.4 Å². The summed E-state index contributed by atoms with van der Waals surface area (Å²) in [7, 11) is 1.63. The largest absolute Gasteiger partial charge is 0.395 e. The van der Waals surface area contributed by atoms with Crippen LogP contribution in [0.4, 0.5) is 0 Å². The number of rotatable bonds is 5. The standard InChI is InChI=1S/C15H22N2O3/c1-20-12-13-4-2-3-5-14(13)15(19)17-8-6-16(7-9-17)10-11-18/h2-5,18H,6-12H2,1H3. The molecule has 1 heterocycles. The summed E-state index contributed by atoms with van der Waals surface area (Å²) >= 11 is 0. The van der Waals surface area contributed by atoms with Crippen LogP contribution in [0.5, 0.6) is 0 Å². The van der Waals surface area contributed by atoms with Crippen LogP contribution in [-0.4, -0.2) is 67.3 Å². The zero-order valence-electron chi connectivity index (χ0n) is 11.9. The first-order chi connectivity index (χ1) is 9.76. The van der Waals surface area contributed by atoms with Gasteiger partial charge < -0.3 is 14.7 Å². The number of aliphatic hydroxyl groups excluding tert-OH is 1. The van der Waals surface area contributed by atoms with Crippen LogP contribution >= 0.6 is 0 Å². The molecule has 0 saturated carbocycles. The number of hydrogen-bond acceptors (Lipinski definition) is 4. The third kappa shape index (κ3) is 3.56. The second-order valence-electron chi connectivity index (χ2n) is 4.95. The van der Waals surface area contributed by atoms with Crippen LogP contribution in [0.3, 0.4) is 0 Å². The molecule has 0 aliphatic carbocycles. The van der Waals surface area contributed by atoms with Crippen LogP contribution in [0.15, 0.2) is 24.3 Å². The van der Waals surface area contributed by atoms with Crippen molar-refractivity contribution in [3.63, 3.8) is 0 Å². The van der Waals surface area contributed by atoms with E-state index in [2.05, 4.69) is 4.90 Å². The maximum absolute atomic E-state index is 12.6. The Balaban J connectivity index is 2.02. The van der Waals surface area contributed by atoms with Crippen molar-refractivity contribution in [2.75, 3.05) is 46.4 Å². The van der Waals surface area contributed by atoms with Crippen LogP contribution in [-0.2, 0) is 11.3 Å². The average Bonchev–Trinajstić information content (AvgIpc) is 2.49. The van der Waals surface area contributed by atoms with Crippen molar-refractivity contribution >= 4 is 5.91 Å². The van der Waals surface area contributed by atoms with E-state index in [1.54, 1.807) is 7.11 Å². The molecule has 1 fully saturated rings. The number of methoxy groups -OCH3 is 1. The fourth-order valence-electron chi connectivity index (χ4n) is 2.50. The second kappa shape index (κ2) is 7.38. The molecule has 20 heavy (non-hydrogen) atoms. The molecular formula is C15H22N2O3. The number of hydrogen-bond donors (Lipinski definition) is 1. The summed E-state index contributed by atoms with van der Waals surface area (Å²) in [5, 5.41) is 8.93. The minimum atomic E-state index is 0.0706. The molecule has 1 aliphatic rings. The van der Waals surface area contributed by atoms with Gasteiger partial charge in [-0.25, -0.2) is 0 Å². The summed E-state index contributed by atoms with van der Waals surface area (Å²) in [6.45, 7) is 4.36. The lowest BCUT2D eigenvalue weighted by Gasteiger charge is -2.34. The van der Waals surface area contributed by atoms with E-state index in [-0.39, 0.29) is 12.5 Å². The van der Waals surface area contributed by atoms with Gasteiger partial charge >= 0.3 is 0 Å². The molecule has 0 bridgehead atoms. The highest BCUT2D eigenvalue weighted by Gasteiger charge is 2.23. The highest BCUT2D eigenvalue weighted by Crippen LogP contribution is 2.14. The topological polar surface area (TPSA) is 53.0 Å². The maximum atomic E-state index is 12.6. The van der Waals surface area contributed by atoms with Gasteiger partial charge in [-0.1, -0.05) is 18.2 Å². The minimum Gasteiger partial charge on any atom is -0.395 e. The molecule has 0 unspecified atom stereocenters. The molecule has 5 heteroatoms. The van der Waals surface area contributed by atoms with Gasteiger partial charge in [0.25, 0.3) is 5.91 Å². The van der Waals surface area contributed by atoms with Crippen LogP contribution in [0.1, 0.15) is 15.9 Å². The smallest absolute Gasteiger partial charge is 0.254 e. The Bertz CT molecular complexity index is 442. The third-order valence-corrected chi connectivity index (χ3v) is 3.62. The molecule has 1 N–H and O–H groups in total. The monoisotopic (exact) mass is 278 g/mol. The van der Waals surface area contributed by atoms with E-state index in [4.69, 9.17) is 9.84 Å². The molecule has 1 aromatic rings. The van der Waals surface area contributed by atoms with E-state index in [0.29, 0.717) is 26.2 Å².